The molecular formula is C112H68N18. The summed E-state index contributed by atoms with van der Waals surface area (Å²) in [5.41, 5.74) is 18.7. The van der Waals surface area contributed by atoms with Gasteiger partial charge in [0.2, 0.25) is 0 Å². The van der Waals surface area contributed by atoms with Gasteiger partial charge in [-0.1, -0.05) is 322 Å². The van der Waals surface area contributed by atoms with Crippen LogP contribution in [0.1, 0.15) is 5.56 Å². The minimum absolute atomic E-state index is 0.427. The first-order valence-corrected chi connectivity index (χ1v) is 42.6. The van der Waals surface area contributed by atoms with Crippen LogP contribution in [-0.4, -0.2) is 83.9 Å². The van der Waals surface area contributed by atoms with Gasteiger partial charge in [-0.05, 0) is 91.0 Å². The van der Waals surface area contributed by atoms with Crippen LogP contribution < -0.4 is 0 Å². The van der Waals surface area contributed by atoms with Gasteiger partial charge in [-0.3, -0.25) is 0 Å². The molecule has 0 saturated heterocycles. The zero-order valence-corrected chi connectivity index (χ0v) is 69.3. The highest BCUT2D eigenvalue weighted by Crippen LogP contribution is 2.46. The molecule has 0 N–H and O–H groups in total. The lowest BCUT2D eigenvalue weighted by molar-refractivity contribution is 1.07. The van der Waals surface area contributed by atoms with Crippen molar-refractivity contribution >= 4 is 43.6 Å². The van der Waals surface area contributed by atoms with Crippen molar-refractivity contribution in [2.45, 2.75) is 0 Å². The SMILES string of the molecule is N#Cc1ccc(-c2ccc(-c3nc(-c4ccccc4)nc(-c4ccccc4)n3)cc2-n2c3ccc(-c4nc(-c5ccccc5)nc(-c5ccccc5)n4)cc3c3cc(-c4nc(-c5ccccc5)nc(-c5ccccc5)n4)ccc32)c(-n2c3ccc(-c4nc(-c5ccccc5)nc(-c5ccccc5)n4)cc3c3cc(-c4nc(-c5ccccc5)nc(-c5ccccc5)n4)ccc32)c1. The van der Waals surface area contributed by atoms with Gasteiger partial charge < -0.3 is 9.13 Å². The van der Waals surface area contributed by atoms with E-state index < -0.39 is 0 Å². The van der Waals surface area contributed by atoms with Crippen molar-refractivity contribution in [2.24, 2.45) is 0 Å². The topological polar surface area (TPSA) is 227 Å². The minimum Gasteiger partial charge on any atom is -0.309 e. The highest BCUT2D eigenvalue weighted by molar-refractivity contribution is 6.14. The Morgan fingerprint density at radius 3 is 0.508 bits per heavy atom. The normalized spacial score (nSPS) is 11.4. The van der Waals surface area contributed by atoms with Crippen LogP contribution in [0.15, 0.2) is 413 Å². The lowest BCUT2D eigenvalue weighted by atomic mass is 9.97. The predicted molar refractivity (Wildman–Crippen MR) is 514 cm³/mol. The summed E-state index contributed by atoms with van der Waals surface area (Å²) < 4.78 is 4.59. The molecule has 0 amide bonds. The first-order chi connectivity index (χ1) is 64.3. The quantitative estimate of drug-likeness (QED) is 0.0778. The van der Waals surface area contributed by atoms with E-state index in [1.807, 2.05) is 315 Å². The average Bonchev–Trinajstić information content (AvgIpc) is 1.57. The van der Waals surface area contributed by atoms with Gasteiger partial charge in [0, 0.05) is 116 Å². The average molecular weight is 1670 g/mol. The second-order valence-corrected chi connectivity index (χ2v) is 31.4. The Kier molecular flexibility index (Phi) is 19.5. The fourth-order valence-electron chi connectivity index (χ4n) is 16.9. The first kappa shape index (κ1) is 76.5. The summed E-state index contributed by atoms with van der Waals surface area (Å²) in [7, 11) is 0. The third-order valence-electron chi connectivity index (χ3n) is 23.2. The summed E-state index contributed by atoms with van der Waals surface area (Å²) >= 11 is 0. The standard InChI is InChI=1S/C112H68N18/c113-69-70-51-57-86(96(63-70)129-92-59-53-81(108-119-98(71-31-11-1-12-32-71)114-99(120-108)72-33-13-2-14-34-72)64-88(92)89-65-82(54-60-93(89)129)109-121-100(73-35-15-3-16-36-73)115-101(122-109)74-37-17-4-18-38-74)87-58-52-85(112-127-106(79-47-27-9-28-48-79)118-107(128-112)80-49-29-10-30-50-80)68-97(87)130-94-61-55-83(110-123-102(75-39-19-5-20-40-75)116-103(124-110)76-41-21-6-22-42-76)66-90(94)91-67-84(56-62-95(91)130)111-125-104(77-43-23-7-24-44-77)117-105(126-111)78-45-25-8-26-46-78/h1-68H. The molecule has 130 heavy (non-hydrogen) atoms. The van der Waals surface area contributed by atoms with Crippen LogP contribution in [0.4, 0.5) is 0 Å². The number of nitriles is 1. The molecule has 18 heteroatoms. The second-order valence-electron chi connectivity index (χ2n) is 31.4. The van der Waals surface area contributed by atoms with E-state index in [9.17, 15) is 5.26 Å². The Morgan fingerprint density at radius 2 is 0.315 bits per heavy atom. The van der Waals surface area contributed by atoms with E-state index in [0.717, 1.165) is 138 Å². The third kappa shape index (κ3) is 14.6. The fourth-order valence-corrected chi connectivity index (χ4v) is 16.9. The van der Waals surface area contributed by atoms with Gasteiger partial charge in [0.1, 0.15) is 0 Å². The van der Waals surface area contributed by atoms with Crippen LogP contribution >= 0.6 is 0 Å². The number of aromatic nitrogens is 17. The molecule has 18 nitrogen and oxygen atoms in total. The van der Waals surface area contributed by atoms with E-state index in [0.29, 0.717) is 104 Å². The molecule has 0 aliphatic rings. The monoisotopic (exact) mass is 1660 g/mol. The Morgan fingerprint density at radius 1 is 0.154 bits per heavy atom. The third-order valence-corrected chi connectivity index (χ3v) is 23.2. The molecule has 0 radical (unpaired) electrons. The van der Waals surface area contributed by atoms with E-state index in [-0.39, 0.29) is 0 Å². The summed E-state index contributed by atoms with van der Waals surface area (Å²) in [4.78, 5) is 79.0. The molecule has 16 aromatic carbocycles. The maximum atomic E-state index is 11.5. The Balaban J connectivity index is 0.799. The smallest absolute Gasteiger partial charge is 0.164 e. The number of benzene rings is 16. The van der Waals surface area contributed by atoms with Crippen molar-refractivity contribution < 1.29 is 0 Å². The van der Waals surface area contributed by atoms with Crippen molar-refractivity contribution in [1.82, 2.24) is 83.9 Å². The summed E-state index contributed by atoms with van der Waals surface area (Å²) in [6.45, 7) is 0. The Hall–Kier alpha value is -18.3. The molecule has 23 aromatic rings. The largest absolute Gasteiger partial charge is 0.309 e. The number of hydrogen-bond acceptors (Lipinski definition) is 16. The number of rotatable bonds is 18. The summed E-state index contributed by atoms with van der Waals surface area (Å²) in [6.07, 6.45) is 0. The fraction of sp³-hybridized carbons (Fsp3) is 0. The zero-order valence-electron chi connectivity index (χ0n) is 69.3. The van der Waals surface area contributed by atoms with Crippen molar-refractivity contribution in [3.63, 3.8) is 0 Å². The van der Waals surface area contributed by atoms with E-state index in [1.165, 1.54) is 0 Å². The molecule has 0 unspecified atom stereocenters. The lowest BCUT2D eigenvalue weighted by Crippen LogP contribution is -2.04. The van der Waals surface area contributed by atoms with Gasteiger partial charge >= 0.3 is 0 Å². The second kappa shape index (κ2) is 33.0. The van der Waals surface area contributed by atoms with Gasteiger partial charge in [0.25, 0.3) is 0 Å². The Labute approximate surface area is 745 Å². The highest BCUT2D eigenvalue weighted by atomic mass is 15.1. The van der Waals surface area contributed by atoms with Gasteiger partial charge in [-0.25, -0.2) is 74.8 Å². The van der Waals surface area contributed by atoms with E-state index >= 15 is 0 Å². The van der Waals surface area contributed by atoms with Gasteiger partial charge in [-0.2, -0.15) is 5.26 Å². The molecule has 0 bridgehead atoms. The lowest BCUT2D eigenvalue weighted by Gasteiger charge is -2.20. The van der Waals surface area contributed by atoms with Gasteiger partial charge in [0.15, 0.2) is 87.4 Å². The zero-order chi connectivity index (χ0) is 86.4. The van der Waals surface area contributed by atoms with Crippen molar-refractivity contribution in [1.29, 1.82) is 5.26 Å². The van der Waals surface area contributed by atoms with Crippen LogP contribution in [0, 0.1) is 11.3 Å². The molecular weight excluding hydrogens is 1600 g/mol. The molecule has 0 spiro atoms. The van der Waals surface area contributed by atoms with Crippen LogP contribution in [0.3, 0.4) is 0 Å². The van der Waals surface area contributed by atoms with Gasteiger partial charge in [0.05, 0.1) is 45.1 Å². The highest BCUT2D eigenvalue weighted by Gasteiger charge is 2.28. The summed E-state index contributed by atoms with van der Waals surface area (Å²) in [5, 5.41) is 14.9. The molecule has 606 valence electrons. The van der Waals surface area contributed by atoms with Crippen LogP contribution in [0.25, 0.3) is 237 Å². The molecule has 0 saturated carbocycles. The van der Waals surface area contributed by atoms with Crippen LogP contribution in [0.5, 0.6) is 0 Å². The maximum Gasteiger partial charge on any atom is 0.164 e. The van der Waals surface area contributed by atoms with E-state index in [1.54, 1.807) is 0 Å². The minimum atomic E-state index is 0.427. The van der Waals surface area contributed by atoms with Crippen molar-refractivity contribution in [2.75, 3.05) is 0 Å². The summed E-state index contributed by atoms with van der Waals surface area (Å²) in [5.74, 6) is 7.52. The molecule has 7 heterocycles. The molecule has 0 aliphatic carbocycles. The van der Waals surface area contributed by atoms with Crippen LogP contribution in [0.2, 0.25) is 0 Å². The van der Waals surface area contributed by atoms with Gasteiger partial charge in [-0.15, -0.1) is 0 Å². The molecule has 7 aromatic heterocycles. The van der Waals surface area contributed by atoms with Crippen LogP contribution in [-0.2, 0) is 0 Å². The molecule has 23 rings (SSSR count). The van der Waals surface area contributed by atoms with E-state index in [4.69, 9.17) is 74.8 Å². The molecule has 0 atom stereocenters. The number of nitrogens with zero attached hydrogens (tertiary/aromatic N) is 18. The predicted octanol–water partition coefficient (Wildman–Crippen LogP) is 25.3. The number of hydrogen-bond donors (Lipinski definition) is 0. The summed E-state index contributed by atoms with van der Waals surface area (Å²) in [6, 6.07) is 140. The first-order valence-electron chi connectivity index (χ1n) is 42.6. The maximum absolute atomic E-state index is 11.5. The Bertz CT molecular complexity index is 7660. The van der Waals surface area contributed by atoms with Crippen molar-refractivity contribution in [3.8, 4) is 199 Å². The van der Waals surface area contributed by atoms with Crippen molar-refractivity contribution in [3.05, 3.63) is 418 Å². The van der Waals surface area contributed by atoms with E-state index in [2.05, 4.69) is 112 Å². The molecule has 0 aliphatic heterocycles. The molecule has 0 fully saturated rings. The number of fused-ring (bicyclic) bond motifs is 6.